The largest absolute Gasteiger partial charge is 0.377 e. The normalized spacial score (nSPS) is 24.8. The molecule has 1 aliphatic heterocycles. The molecule has 3 rings (SSSR count). The standard InChI is InChI=1S/C24H30O4/c1-18-22(13-14-26-16-20-9-5-3-6-10-20)28-24(19(2)25)15-23(18)27-17-21-11-7-4-8-12-21/h3-12,18,22-24H,13-17H2,1-2H3/t18-,22+,23+,24+/m0/s1. The van der Waals surface area contributed by atoms with Crippen LogP contribution in [0.25, 0.3) is 0 Å². The summed E-state index contributed by atoms with van der Waals surface area (Å²) in [6, 6.07) is 20.3. The molecule has 4 nitrogen and oxygen atoms in total. The van der Waals surface area contributed by atoms with Crippen molar-refractivity contribution in [3.8, 4) is 0 Å². The van der Waals surface area contributed by atoms with Gasteiger partial charge in [-0.15, -0.1) is 0 Å². The van der Waals surface area contributed by atoms with Crippen LogP contribution >= 0.6 is 0 Å². The second kappa shape index (κ2) is 10.5. The lowest BCUT2D eigenvalue weighted by molar-refractivity contribution is -0.169. The van der Waals surface area contributed by atoms with Gasteiger partial charge in [-0.25, -0.2) is 0 Å². The first kappa shape index (κ1) is 20.7. The zero-order chi connectivity index (χ0) is 19.8. The lowest BCUT2D eigenvalue weighted by Crippen LogP contribution is -2.46. The second-order valence-corrected chi connectivity index (χ2v) is 7.53. The Kier molecular flexibility index (Phi) is 7.78. The Balaban J connectivity index is 1.52. The van der Waals surface area contributed by atoms with E-state index in [9.17, 15) is 4.79 Å². The number of carbonyl (C=O) groups is 1. The van der Waals surface area contributed by atoms with E-state index in [0.29, 0.717) is 26.2 Å². The molecule has 0 N–H and O–H groups in total. The molecule has 0 bridgehead atoms. The lowest BCUT2D eigenvalue weighted by atomic mass is 9.87. The summed E-state index contributed by atoms with van der Waals surface area (Å²) < 4.78 is 18.1. The maximum absolute atomic E-state index is 12.0. The first-order valence-electron chi connectivity index (χ1n) is 10.1. The zero-order valence-corrected chi connectivity index (χ0v) is 16.8. The van der Waals surface area contributed by atoms with Crippen LogP contribution in [-0.4, -0.2) is 30.7 Å². The third-order valence-corrected chi connectivity index (χ3v) is 5.38. The summed E-state index contributed by atoms with van der Waals surface area (Å²) in [5.74, 6) is 0.273. The molecule has 2 aromatic carbocycles. The number of hydrogen-bond acceptors (Lipinski definition) is 4. The van der Waals surface area contributed by atoms with Crippen molar-refractivity contribution < 1.29 is 19.0 Å². The molecule has 0 unspecified atom stereocenters. The Bertz CT molecular complexity index is 716. The topological polar surface area (TPSA) is 44.8 Å². The number of carbonyl (C=O) groups excluding carboxylic acids is 1. The van der Waals surface area contributed by atoms with E-state index < -0.39 is 6.10 Å². The van der Waals surface area contributed by atoms with Crippen molar-refractivity contribution in [3.05, 3.63) is 71.8 Å². The highest BCUT2D eigenvalue weighted by molar-refractivity contribution is 5.80. The van der Waals surface area contributed by atoms with Gasteiger partial charge in [0, 0.05) is 18.9 Å². The van der Waals surface area contributed by atoms with E-state index in [0.717, 1.165) is 17.5 Å². The summed E-state index contributed by atoms with van der Waals surface area (Å²) in [5.41, 5.74) is 2.30. The number of benzene rings is 2. The number of rotatable bonds is 9. The monoisotopic (exact) mass is 382 g/mol. The molecule has 1 fully saturated rings. The van der Waals surface area contributed by atoms with Crippen molar-refractivity contribution in [2.45, 2.75) is 58.2 Å². The van der Waals surface area contributed by atoms with Gasteiger partial charge in [0.2, 0.25) is 0 Å². The predicted molar refractivity (Wildman–Crippen MR) is 109 cm³/mol. The molecule has 1 aliphatic rings. The fourth-order valence-corrected chi connectivity index (χ4v) is 3.61. The van der Waals surface area contributed by atoms with Gasteiger partial charge in [0.1, 0.15) is 6.10 Å². The van der Waals surface area contributed by atoms with Crippen molar-refractivity contribution in [2.75, 3.05) is 6.61 Å². The van der Waals surface area contributed by atoms with Gasteiger partial charge >= 0.3 is 0 Å². The molecule has 4 heteroatoms. The van der Waals surface area contributed by atoms with E-state index in [1.165, 1.54) is 0 Å². The van der Waals surface area contributed by atoms with Crippen LogP contribution in [0.1, 0.15) is 37.8 Å². The third kappa shape index (κ3) is 5.99. The van der Waals surface area contributed by atoms with Crippen molar-refractivity contribution in [1.82, 2.24) is 0 Å². The molecule has 4 atom stereocenters. The van der Waals surface area contributed by atoms with Crippen molar-refractivity contribution in [1.29, 1.82) is 0 Å². The molecular formula is C24H30O4. The van der Waals surface area contributed by atoms with Crippen LogP contribution in [-0.2, 0) is 32.2 Å². The van der Waals surface area contributed by atoms with Gasteiger partial charge in [-0.3, -0.25) is 4.79 Å². The Morgan fingerprint density at radius 2 is 1.61 bits per heavy atom. The van der Waals surface area contributed by atoms with Gasteiger partial charge < -0.3 is 14.2 Å². The van der Waals surface area contributed by atoms with Crippen LogP contribution in [0.2, 0.25) is 0 Å². The fourth-order valence-electron chi connectivity index (χ4n) is 3.61. The van der Waals surface area contributed by atoms with Gasteiger partial charge in [-0.05, 0) is 24.5 Å². The molecule has 0 radical (unpaired) electrons. The molecule has 0 spiro atoms. The van der Waals surface area contributed by atoms with Gasteiger partial charge in [0.25, 0.3) is 0 Å². The van der Waals surface area contributed by atoms with E-state index in [1.54, 1.807) is 6.92 Å². The highest BCUT2D eigenvalue weighted by atomic mass is 16.5. The Morgan fingerprint density at radius 3 is 2.21 bits per heavy atom. The first-order valence-corrected chi connectivity index (χ1v) is 10.1. The highest BCUT2D eigenvalue weighted by Crippen LogP contribution is 2.30. The number of ether oxygens (including phenoxy) is 3. The first-order chi connectivity index (χ1) is 13.6. The average Bonchev–Trinajstić information content (AvgIpc) is 2.72. The third-order valence-electron chi connectivity index (χ3n) is 5.38. The maximum Gasteiger partial charge on any atom is 0.158 e. The molecule has 2 aromatic rings. The molecule has 0 saturated carbocycles. The minimum Gasteiger partial charge on any atom is -0.377 e. The number of Topliss-reactive ketones (excluding diaryl/α,β-unsaturated/α-hetero) is 1. The van der Waals surface area contributed by atoms with Crippen LogP contribution in [0.3, 0.4) is 0 Å². The summed E-state index contributed by atoms with van der Waals surface area (Å²) in [6.45, 7) is 5.48. The maximum atomic E-state index is 12.0. The number of hydrogen-bond donors (Lipinski definition) is 0. The van der Waals surface area contributed by atoms with Crippen LogP contribution in [0.15, 0.2) is 60.7 Å². The van der Waals surface area contributed by atoms with Crippen molar-refractivity contribution in [2.24, 2.45) is 5.92 Å². The summed E-state index contributed by atoms with van der Waals surface area (Å²) in [5, 5.41) is 0. The highest BCUT2D eigenvalue weighted by Gasteiger charge is 2.38. The van der Waals surface area contributed by atoms with Crippen LogP contribution in [0.5, 0.6) is 0 Å². The van der Waals surface area contributed by atoms with Gasteiger partial charge in [0.15, 0.2) is 5.78 Å². The molecule has 0 aromatic heterocycles. The predicted octanol–water partition coefficient (Wildman–Crippen LogP) is 4.56. The van der Waals surface area contributed by atoms with E-state index >= 15 is 0 Å². The number of ketones is 1. The molecular weight excluding hydrogens is 352 g/mol. The van der Waals surface area contributed by atoms with Gasteiger partial charge in [-0.2, -0.15) is 0 Å². The Hall–Kier alpha value is -2.01. The molecule has 1 saturated heterocycles. The summed E-state index contributed by atoms with van der Waals surface area (Å²) in [7, 11) is 0. The molecule has 150 valence electrons. The molecule has 28 heavy (non-hydrogen) atoms. The SMILES string of the molecule is CC(=O)[C@H]1C[C@@H](OCc2ccccc2)[C@@H](C)[C@@H](CCOCc2ccccc2)O1. The van der Waals surface area contributed by atoms with Crippen molar-refractivity contribution >= 4 is 5.78 Å². The van der Waals surface area contributed by atoms with E-state index in [2.05, 4.69) is 31.2 Å². The minimum atomic E-state index is -0.393. The minimum absolute atomic E-state index is 0.00183. The smallest absolute Gasteiger partial charge is 0.158 e. The summed E-state index contributed by atoms with van der Waals surface area (Å²) >= 11 is 0. The van der Waals surface area contributed by atoms with E-state index in [1.807, 2.05) is 36.4 Å². The molecule has 0 aliphatic carbocycles. The zero-order valence-electron chi connectivity index (χ0n) is 16.8. The van der Waals surface area contributed by atoms with Gasteiger partial charge in [0.05, 0.1) is 25.4 Å². The Morgan fingerprint density at radius 1 is 1.00 bits per heavy atom. The summed E-state index contributed by atoms with van der Waals surface area (Å²) in [4.78, 5) is 12.0. The molecule has 1 heterocycles. The van der Waals surface area contributed by atoms with Gasteiger partial charge in [-0.1, -0.05) is 67.6 Å². The van der Waals surface area contributed by atoms with Crippen molar-refractivity contribution in [3.63, 3.8) is 0 Å². The molecule has 0 amide bonds. The quantitative estimate of drug-likeness (QED) is 0.596. The second-order valence-electron chi connectivity index (χ2n) is 7.53. The van der Waals surface area contributed by atoms with E-state index in [-0.39, 0.29) is 23.9 Å². The average molecular weight is 383 g/mol. The van der Waals surface area contributed by atoms with Crippen LogP contribution in [0.4, 0.5) is 0 Å². The van der Waals surface area contributed by atoms with E-state index in [4.69, 9.17) is 14.2 Å². The summed E-state index contributed by atoms with van der Waals surface area (Å²) in [6.07, 6.45) is 0.936. The Labute approximate surface area is 167 Å². The lowest BCUT2D eigenvalue weighted by Gasteiger charge is -2.39. The van der Waals surface area contributed by atoms with Crippen LogP contribution < -0.4 is 0 Å². The van der Waals surface area contributed by atoms with Crippen LogP contribution in [0, 0.1) is 5.92 Å². The fraction of sp³-hybridized carbons (Fsp3) is 0.458.